The van der Waals surface area contributed by atoms with E-state index >= 15 is 0 Å². The van der Waals surface area contributed by atoms with Crippen LogP contribution < -0.4 is 5.32 Å². The van der Waals surface area contributed by atoms with Crippen LogP contribution in [-0.4, -0.2) is 48.6 Å². The lowest BCUT2D eigenvalue weighted by atomic mass is 10.2. The van der Waals surface area contributed by atoms with Crippen LogP contribution in [0.25, 0.3) is 0 Å². The zero-order valence-electron chi connectivity index (χ0n) is 15.1. The Labute approximate surface area is 149 Å². The maximum absolute atomic E-state index is 12.4. The number of carbonyl (C=O) groups is 1. The van der Waals surface area contributed by atoms with Crippen molar-refractivity contribution in [3.63, 3.8) is 0 Å². The molecule has 0 unspecified atom stereocenters. The molecule has 134 valence electrons. The van der Waals surface area contributed by atoms with Gasteiger partial charge < -0.3 is 14.6 Å². The molecule has 1 aromatic heterocycles. The molecule has 1 saturated heterocycles. The molecular weight excluding hydrogens is 314 g/mol. The number of likely N-dealkylation sites (N-methyl/N-ethyl adjacent to an activating group) is 1. The van der Waals surface area contributed by atoms with Crippen molar-refractivity contribution >= 4 is 6.03 Å². The van der Waals surface area contributed by atoms with Crippen LogP contribution >= 0.6 is 0 Å². The normalized spacial score (nSPS) is 17.6. The summed E-state index contributed by atoms with van der Waals surface area (Å²) >= 11 is 0. The van der Waals surface area contributed by atoms with Gasteiger partial charge >= 0.3 is 6.03 Å². The predicted molar refractivity (Wildman–Crippen MR) is 98.4 cm³/mol. The summed E-state index contributed by atoms with van der Waals surface area (Å²) in [4.78, 5) is 16.6. The largest absolute Gasteiger partial charge is 0.466 e. The second-order valence-corrected chi connectivity index (χ2v) is 6.77. The van der Waals surface area contributed by atoms with Crippen LogP contribution in [0.3, 0.4) is 0 Å². The van der Waals surface area contributed by atoms with Crippen molar-refractivity contribution in [2.75, 3.05) is 26.7 Å². The fourth-order valence-corrected chi connectivity index (χ4v) is 3.32. The van der Waals surface area contributed by atoms with Crippen molar-refractivity contribution in [3.8, 4) is 0 Å². The van der Waals surface area contributed by atoms with E-state index < -0.39 is 0 Å². The minimum Gasteiger partial charge on any atom is -0.466 e. The number of nitrogens with zero attached hydrogens (tertiary/aromatic N) is 2. The average Bonchev–Trinajstić information content (AvgIpc) is 3.24. The van der Waals surface area contributed by atoms with Gasteiger partial charge in [0.1, 0.15) is 11.5 Å². The molecule has 5 heteroatoms. The summed E-state index contributed by atoms with van der Waals surface area (Å²) in [6.45, 7) is 5.43. The van der Waals surface area contributed by atoms with E-state index in [2.05, 4.69) is 34.5 Å². The van der Waals surface area contributed by atoms with Crippen molar-refractivity contribution in [3.05, 3.63) is 59.5 Å². The molecule has 2 amide bonds. The SMILES string of the molecule is Cc1ccc(CCNC(=O)N(C)[C@H]2CCN(Cc3ccccc3)C2)o1. The van der Waals surface area contributed by atoms with Crippen molar-refractivity contribution < 1.29 is 9.21 Å². The third kappa shape index (κ3) is 4.86. The molecule has 1 N–H and O–H groups in total. The molecule has 1 fully saturated rings. The van der Waals surface area contributed by atoms with Crippen LogP contribution in [-0.2, 0) is 13.0 Å². The van der Waals surface area contributed by atoms with E-state index in [0.29, 0.717) is 6.54 Å². The standard InChI is InChI=1S/C20H27N3O2/c1-16-8-9-19(25-16)10-12-21-20(24)22(2)18-11-13-23(15-18)14-17-6-4-3-5-7-17/h3-9,18H,10-15H2,1-2H3,(H,21,24)/t18-/m0/s1. The van der Waals surface area contributed by atoms with Crippen LogP contribution in [0.2, 0.25) is 0 Å². The smallest absolute Gasteiger partial charge is 0.317 e. The number of carbonyl (C=O) groups excluding carboxylic acids is 1. The fourth-order valence-electron chi connectivity index (χ4n) is 3.32. The first-order chi connectivity index (χ1) is 12.1. The molecule has 2 heterocycles. The number of rotatable bonds is 6. The fraction of sp³-hybridized carbons (Fsp3) is 0.450. The number of urea groups is 1. The van der Waals surface area contributed by atoms with Gasteiger partial charge in [-0.05, 0) is 31.0 Å². The summed E-state index contributed by atoms with van der Waals surface area (Å²) in [5.74, 6) is 1.82. The summed E-state index contributed by atoms with van der Waals surface area (Å²) in [7, 11) is 1.89. The zero-order chi connectivity index (χ0) is 17.6. The van der Waals surface area contributed by atoms with E-state index in [-0.39, 0.29) is 12.1 Å². The van der Waals surface area contributed by atoms with Crippen LogP contribution in [0.5, 0.6) is 0 Å². The highest BCUT2D eigenvalue weighted by Gasteiger charge is 2.28. The molecule has 0 radical (unpaired) electrons. The highest BCUT2D eigenvalue weighted by molar-refractivity contribution is 5.74. The van der Waals surface area contributed by atoms with E-state index in [4.69, 9.17) is 4.42 Å². The summed E-state index contributed by atoms with van der Waals surface area (Å²) in [5, 5.41) is 2.99. The van der Waals surface area contributed by atoms with Crippen LogP contribution in [0.4, 0.5) is 4.79 Å². The van der Waals surface area contributed by atoms with Gasteiger partial charge in [-0.25, -0.2) is 4.79 Å². The van der Waals surface area contributed by atoms with E-state index in [1.54, 1.807) is 0 Å². The number of nitrogens with one attached hydrogen (secondary N) is 1. The number of furan rings is 1. The first-order valence-electron chi connectivity index (χ1n) is 8.94. The monoisotopic (exact) mass is 341 g/mol. The number of likely N-dealkylation sites (tertiary alicyclic amines) is 1. The topological polar surface area (TPSA) is 48.7 Å². The zero-order valence-corrected chi connectivity index (χ0v) is 15.1. The van der Waals surface area contributed by atoms with Gasteiger partial charge in [0.25, 0.3) is 0 Å². The minimum absolute atomic E-state index is 0.00478. The molecule has 0 aliphatic carbocycles. The quantitative estimate of drug-likeness (QED) is 0.878. The number of amides is 2. The van der Waals surface area contributed by atoms with Gasteiger partial charge in [0.2, 0.25) is 0 Å². The number of hydrogen-bond donors (Lipinski definition) is 1. The first-order valence-corrected chi connectivity index (χ1v) is 8.94. The Kier molecular flexibility index (Phi) is 5.76. The summed E-state index contributed by atoms with van der Waals surface area (Å²) in [6, 6.07) is 14.7. The number of hydrogen-bond acceptors (Lipinski definition) is 3. The molecule has 0 saturated carbocycles. The highest BCUT2D eigenvalue weighted by atomic mass is 16.3. The molecule has 3 rings (SSSR count). The molecule has 0 spiro atoms. The maximum atomic E-state index is 12.4. The van der Waals surface area contributed by atoms with Gasteiger partial charge in [-0.2, -0.15) is 0 Å². The highest BCUT2D eigenvalue weighted by Crippen LogP contribution is 2.17. The van der Waals surface area contributed by atoms with Crippen LogP contribution in [0, 0.1) is 6.92 Å². The van der Waals surface area contributed by atoms with Gasteiger partial charge in [-0.15, -0.1) is 0 Å². The van der Waals surface area contributed by atoms with Crippen molar-refractivity contribution in [2.45, 2.75) is 32.4 Å². The Bertz CT molecular complexity index is 683. The first kappa shape index (κ1) is 17.5. The van der Waals surface area contributed by atoms with Gasteiger partial charge in [0.15, 0.2) is 0 Å². The van der Waals surface area contributed by atoms with E-state index in [1.165, 1.54) is 5.56 Å². The van der Waals surface area contributed by atoms with Gasteiger partial charge in [-0.3, -0.25) is 4.90 Å². The van der Waals surface area contributed by atoms with Gasteiger partial charge in [0.05, 0.1) is 0 Å². The average molecular weight is 341 g/mol. The molecular formula is C20H27N3O2. The van der Waals surface area contributed by atoms with E-state index in [1.807, 2.05) is 37.1 Å². The van der Waals surface area contributed by atoms with Gasteiger partial charge in [0, 0.05) is 45.7 Å². The molecule has 5 nitrogen and oxygen atoms in total. The van der Waals surface area contributed by atoms with E-state index in [9.17, 15) is 4.79 Å². The number of benzene rings is 1. The maximum Gasteiger partial charge on any atom is 0.317 e. The molecule has 1 aromatic carbocycles. The summed E-state index contributed by atoms with van der Waals surface area (Å²) < 4.78 is 5.52. The third-order valence-corrected chi connectivity index (χ3v) is 4.81. The molecule has 25 heavy (non-hydrogen) atoms. The second-order valence-electron chi connectivity index (χ2n) is 6.77. The van der Waals surface area contributed by atoms with Crippen molar-refractivity contribution in [1.29, 1.82) is 0 Å². The van der Waals surface area contributed by atoms with Crippen LogP contribution in [0.15, 0.2) is 46.9 Å². The molecule has 1 atom stereocenters. The molecule has 2 aromatic rings. The number of aryl methyl sites for hydroxylation is 1. The van der Waals surface area contributed by atoms with Crippen LogP contribution in [0.1, 0.15) is 23.5 Å². The Hall–Kier alpha value is -2.27. The second kappa shape index (κ2) is 8.21. The van der Waals surface area contributed by atoms with E-state index in [0.717, 1.165) is 44.0 Å². The van der Waals surface area contributed by atoms with Crippen molar-refractivity contribution in [1.82, 2.24) is 15.1 Å². The lowest BCUT2D eigenvalue weighted by molar-refractivity contribution is 0.188. The minimum atomic E-state index is -0.00478. The Morgan fingerprint density at radius 1 is 1.28 bits per heavy atom. The summed E-state index contributed by atoms with van der Waals surface area (Å²) in [6.07, 6.45) is 1.74. The Balaban J connectivity index is 1.41. The lowest BCUT2D eigenvalue weighted by Gasteiger charge is -2.25. The van der Waals surface area contributed by atoms with Crippen molar-refractivity contribution in [2.24, 2.45) is 0 Å². The Morgan fingerprint density at radius 3 is 2.80 bits per heavy atom. The molecule has 1 aliphatic rings. The molecule has 1 aliphatic heterocycles. The predicted octanol–water partition coefficient (Wildman–Crippen LogP) is 3.05. The molecule has 0 bridgehead atoms. The lowest BCUT2D eigenvalue weighted by Crippen LogP contribution is -2.45. The summed E-state index contributed by atoms with van der Waals surface area (Å²) in [5.41, 5.74) is 1.32. The third-order valence-electron chi connectivity index (χ3n) is 4.81. The Morgan fingerprint density at radius 2 is 2.08 bits per heavy atom. The van der Waals surface area contributed by atoms with Gasteiger partial charge in [-0.1, -0.05) is 30.3 Å².